The molecular formula is C26H27N3O6. The standard InChI is InChI=1S/C26H27N3O6/c1-4-34-24-15-18(16-27-29-26(31)19-10-12-20(32-2)13-11-19)9-14-23(24)35-17-25(30)28-21-7-5-6-8-22(21)33-3/h5-16H,4,17H2,1-3H3,(H,28,30)(H,29,31)/b27-16+. The molecule has 0 aliphatic carbocycles. The molecule has 0 spiro atoms. The summed E-state index contributed by atoms with van der Waals surface area (Å²) in [6, 6.07) is 18.9. The van der Waals surface area contributed by atoms with E-state index < -0.39 is 0 Å². The Kier molecular flexibility index (Phi) is 9.07. The highest BCUT2D eigenvalue weighted by Gasteiger charge is 2.11. The molecule has 0 aliphatic rings. The molecule has 9 heteroatoms. The monoisotopic (exact) mass is 477 g/mol. The van der Waals surface area contributed by atoms with Crippen molar-refractivity contribution in [2.75, 3.05) is 32.8 Å². The number of benzene rings is 3. The van der Waals surface area contributed by atoms with Crippen molar-refractivity contribution in [1.29, 1.82) is 0 Å². The Hall–Kier alpha value is -4.53. The van der Waals surface area contributed by atoms with Gasteiger partial charge >= 0.3 is 0 Å². The first kappa shape index (κ1) is 25.1. The SMILES string of the molecule is CCOc1cc(/C=N/NC(=O)c2ccc(OC)cc2)ccc1OCC(=O)Nc1ccccc1OC. The molecule has 0 aromatic heterocycles. The third kappa shape index (κ3) is 7.23. The fraction of sp³-hybridized carbons (Fsp3) is 0.192. The van der Waals surface area contributed by atoms with E-state index in [1.807, 2.05) is 13.0 Å². The van der Waals surface area contributed by atoms with Gasteiger partial charge in [-0.25, -0.2) is 5.43 Å². The van der Waals surface area contributed by atoms with E-state index >= 15 is 0 Å². The van der Waals surface area contributed by atoms with Crippen molar-refractivity contribution in [3.63, 3.8) is 0 Å². The molecule has 2 amide bonds. The summed E-state index contributed by atoms with van der Waals surface area (Å²) in [5, 5.41) is 6.76. The Bertz CT molecular complexity index is 1180. The van der Waals surface area contributed by atoms with E-state index in [1.165, 1.54) is 13.3 Å². The van der Waals surface area contributed by atoms with Gasteiger partial charge in [-0.3, -0.25) is 9.59 Å². The molecule has 0 saturated carbocycles. The van der Waals surface area contributed by atoms with Crippen molar-refractivity contribution >= 4 is 23.7 Å². The Morgan fingerprint density at radius 1 is 0.886 bits per heavy atom. The van der Waals surface area contributed by atoms with E-state index in [0.29, 0.717) is 46.4 Å². The molecule has 0 atom stereocenters. The van der Waals surface area contributed by atoms with Crippen molar-refractivity contribution in [1.82, 2.24) is 5.43 Å². The number of carbonyl (C=O) groups is 2. The summed E-state index contributed by atoms with van der Waals surface area (Å²) in [5.74, 6) is 1.37. The third-order valence-electron chi connectivity index (χ3n) is 4.74. The number of ether oxygens (including phenoxy) is 4. The summed E-state index contributed by atoms with van der Waals surface area (Å²) in [6.45, 7) is 2.02. The van der Waals surface area contributed by atoms with Gasteiger partial charge in [0, 0.05) is 5.56 Å². The van der Waals surface area contributed by atoms with Crippen molar-refractivity contribution in [3.8, 4) is 23.0 Å². The highest BCUT2D eigenvalue weighted by Crippen LogP contribution is 2.28. The highest BCUT2D eigenvalue weighted by molar-refractivity contribution is 5.95. The average molecular weight is 478 g/mol. The highest BCUT2D eigenvalue weighted by atomic mass is 16.5. The zero-order valence-corrected chi connectivity index (χ0v) is 19.7. The van der Waals surface area contributed by atoms with Crippen molar-refractivity contribution in [2.45, 2.75) is 6.92 Å². The van der Waals surface area contributed by atoms with Gasteiger partial charge < -0.3 is 24.3 Å². The molecule has 0 bridgehead atoms. The van der Waals surface area contributed by atoms with Crippen LogP contribution in [-0.2, 0) is 4.79 Å². The summed E-state index contributed by atoms with van der Waals surface area (Å²) in [4.78, 5) is 24.6. The van der Waals surface area contributed by atoms with E-state index in [2.05, 4.69) is 15.8 Å². The molecule has 9 nitrogen and oxygen atoms in total. The Balaban J connectivity index is 1.60. The minimum atomic E-state index is -0.352. The van der Waals surface area contributed by atoms with Gasteiger partial charge in [0.1, 0.15) is 11.5 Å². The molecular weight excluding hydrogens is 450 g/mol. The van der Waals surface area contributed by atoms with Gasteiger partial charge in [-0.05, 0) is 67.1 Å². The van der Waals surface area contributed by atoms with Crippen LogP contribution in [0.3, 0.4) is 0 Å². The van der Waals surface area contributed by atoms with Crippen LogP contribution in [0.15, 0.2) is 71.8 Å². The molecule has 35 heavy (non-hydrogen) atoms. The van der Waals surface area contributed by atoms with Gasteiger partial charge in [0.2, 0.25) is 0 Å². The number of rotatable bonds is 11. The lowest BCUT2D eigenvalue weighted by Gasteiger charge is -2.13. The Morgan fingerprint density at radius 2 is 1.66 bits per heavy atom. The molecule has 0 heterocycles. The van der Waals surface area contributed by atoms with Gasteiger partial charge in [0.25, 0.3) is 11.8 Å². The van der Waals surface area contributed by atoms with Gasteiger partial charge in [-0.2, -0.15) is 5.10 Å². The van der Waals surface area contributed by atoms with Gasteiger partial charge in [-0.1, -0.05) is 12.1 Å². The van der Waals surface area contributed by atoms with Crippen LogP contribution >= 0.6 is 0 Å². The lowest BCUT2D eigenvalue weighted by Crippen LogP contribution is -2.20. The van der Waals surface area contributed by atoms with E-state index in [1.54, 1.807) is 67.8 Å². The lowest BCUT2D eigenvalue weighted by atomic mass is 10.2. The first-order chi connectivity index (χ1) is 17.0. The minimum absolute atomic E-state index is 0.219. The zero-order valence-electron chi connectivity index (χ0n) is 19.7. The maximum Gasteiger partial charge on any atom is 0.271 e. The maximum absolute atomic E-state index is 12.3. The number of hydrogen-bond acceptors (Lipinski definition) is 7. The molecule has 0 radical (unpaired) electrons. The van der Waals surface area contributed by atoms with Crippen molar-refractivity contribution in [2.24, 2.45) is 5.10 Å². The zero-order chi connectivity index (χ0) is 25.0. The number of carbonyl (C=O) groups excluding carboxylic acids is 2. The van der Waals surface area contributed by atoms with Crippen LogP contribution in [0.4, 0.5) is 5.69 Å². The van der Waals surface area contributed by atoms with Crippen LogP contribution in [0.5, 0.6) is 23.0 Å². The van der Waals surface area contributed by atoms with Gasteiger partial charge in [0.05, 0.1) is 32.7 Å². The van der Waals surface area contributed by atoms with Gasteiger partial charge in [-0.15, -0.1) is 0 Å². The predicted molar refractivity (Wildman–Crippen MR) is 133 cm³/mol. The van der Waals surface area contributed by atoms with Crippen LogP contribution in [0.1, 0.15) is 22.8 Å². The third-order valence-corrected chi connectivity index (χ3v) is 4.74. The molecule has 0 fully saturated rings. The predicted octanol–water partition coefficient (Wildman–Crippen LogP) is 3.88. The van der Waals surface area contributed by atoms with E-state index in [0.717, 1.165) is 0 Å². The first-order valence-corrected chi connectivity index (χ1v) is 10.8. The molecule has 3 aromatic carbocycles. The summed E-state index contributed by atoms with van der Waals surface area (Å²) in [5.41, 5.74) is 4.16. The molecule has 3 rings (SSSR count). The number of hydrogen-bond donors (Lipinski definition) is 2. The molecule has 2 N–H and O–H groups in total. The van der Waals surface area contributed by atoms with Crippen LogP contribution < -0.4 is 29.7 Å². The minimum Gasteiger partial charge on any atom is -0.497 e. The number of anilines is 1. The van der Waals surface area contributed by atoms with Gasteiger partial charge in [0.15, 0.2) is 18.1 Å². The summed E-state index contributed by atoms with van der Waals surface area (Å²) in [6.07, 6.45) is 1.49. The van der Waals surface area contributed by atoms with Crippen molar-refractivity contribution < 1.29 is 28.5 Å². The number of para-hydroxylation sites is 2. The summed E-state index contributed by atoms with van der Waals surface area (Å²) < 4.78 is 21.6. The molecule has 182 valence electrons. The van der Waals surface area contributed by atoms with E-state index in [9.17, 15) is 9.59 Å². The fourth-order valence-corrected chi connectivity index (χ4v) is 3.04. The largest absolute Gasteiger partial charge is 0.497 e. The average Bonchev–Trinajstić information content (AvgIpc) is 2.88. The van der Waals surface area contributed by atoms with Crippen LogP contribution in [0.25, 0.3) is 0 Å². The van der Waals surface area contributed by atoms with Crippen LogP contribution in [0, 0.1) is 0 Å². The number of nitrogens with one attached hydrogen (secondary N) is 2. The topological polar surface area (TPSA) is 107 Å². The molecule has 0 saturated heterocycles. The number of hydrazone groups is 1. The quantitative estimate of drug-likeness (QED) is 0.321. The normalized spacial score (nSPS) is 10.5. The van der Waals surface area contributed by atoms with Crippen LogP contribution in [-0.4, -0.2) is 45.5 Å². The molecule has 0 unspecified atom stereocenters. The second-order valence-corrected chi connectivity index (χ2v) is 7.10. The summed E-state index contributed by atoms with van der Waals surface area (Å²) >= 11 is 0. The van der Waals surface area contributed by atoms with E-state index in [-0.39, 0.29) is 18.4 Å². The number of methoxy groups -OCH3 is 2. The number of amides is 2. The first-order valence-electron chi connectivity index (χ1n) is 10.8. The summed E-state index contributed by atoms with van der Waals surface area (Å²) in [7, 11) is 3.09. The van der Waals surface area contributed by atoms with E-state index in [4.69, 9.17) is 18.9 Å². The lowest BCUT2D eigenvalue weighted by molar-refractivity contribution is -0.118. The molecule has 3 aromatic rings. The van der Waals surface area contributed by atoms with Crippen LogP contribution in [0.2, 0.25) is 0 Å². The smallest absolute Gasteiger partial charge is 0.271 e. The van der Waals surface area contributed by atoms with Crippen molar-refractivity contribution in [3.05, 3.63) is 77.9 Å². The second kappa shape index (κ2) is 12.6. The molecule has 0 aliphatic heterocycles. The maximum atomic E-state index is 12.3. The fourth-order valence-electron chi connectivity index (χ4n) is 3.04. The Labute approximate surface area is 203 Å². The Morgan fingerprint density at radius 3 is 2.37 bits per heavy atom. The number of nitrogens with zero attached hydrogens (tertiary/aromatic N) is 1. The second-order valence-electron chi connectivity index (χ2n) is 7.10.